The third-order valence-corrected chi connectivity index (χ3v) is 4.60. The van der Waals surface area contributed by atoms with E-state index >= 15 is 0 Å². The second-order valence-corrected chi connectivity index (χ2v) is 6.68. The number of nitrogens with zero attached hydrogens (tertiary/aromatic N) is 3. The monoisotopic (exact) mass is 358 g/mol. The maximum absolute atomic E-state index is 12.5. The third kappa shape index (κ3) is 4.97. The number of rotatable bonds is 7. The fraction of sp³-hybridized carbons (Fsp3) is 0.526. The van der Waals surface area contributed by atoms with Crippen LogP contribution in [0.2, 0.25) is 0 Å². The number of aryl methyl sites for hydroxylation is 2. The van der Waals surface area contributed by atoms with Crippen LogP contribution in [-0.2, 0) is 11.2 Å². The van der Waals surface area contributed by atoms with Crippen LogP contribution in [0.15, 0.2) is 24.3 Å². The number of methoxy groups -OCH3 is 1. The summed E-state index contributed by atoms with van der Waals surface area (Å²) in [6, 6.07) is 7.61. The number of ether oxygens (including phenoxy) is 2. The summed E-state index contributed by atoms with van der Waals surface area (Å²) in [5.74, 6) is 3.58. The number of hydrogen-bond acceptors (Lipinski definition) is 5. The number of piperidine rings is 1. The second-order valence-electron chi connectivity index (χ2n) is 6.68. The molecule has 1 atom stereocenters. The van der Waals surface area contributed by atoms with Crippen LogP contribution in [-0.4, -0.2) is 52.8 Å². The smallest absolute Gasteiger partial charge is 0.223 e. The third-order valence-electron chi connectivity index (χ3n) is 4.60. The second kappa shape index (κ2) is 8.69. The van der Waals surface area contributed by atoms with Crippen molar-refractivity contribution < 1.29 is 14.3 Å². The van der Waals surface area contributed by atoms with Gasteiger partial charge in [0.2, 0.25) is 5.91 Å². The van der Waals surface area contributed by atoms with Gasteiger partial charge in [0.25, 0.3) is 0 Å². The van der Waals surface area contributed by atoms with Crippen LogP contribution in [0.5, 0.6) is 11.5 Å². The van der Waals surface area contributed by atoms with E-state index in [4.69, 9.17) is 9.47 Å². The van der Waals surface area contributed by atoms with Gasteiger partial charge >= 0.3 is 0 Å². The zero-order chi connectivity index (χ0) is 18.4. The Labute approximate surface area is 153 Å². The van der Waals surface area contributed by atoms with Crippen molar-refractivity contribution in [1.29, 1.82) is 0 Å². The van der Waals surface area contributed by atoms with Crippen LogP contribution in [0.1, 0.15) is 30.9 Å². The zero-order valence-corrected chi connectivity index (χ0v) is 15.4. The lowest BCUT2D eigenvalue weighted by Crippen LogP contribution is -2.41. The Morgan fingerprint density at radius 3 is 3.00 bits per heavy atom. The Hall–Kier alpha value is -2.57. The summed E-state index contributed by atoms with van der Waals surface area (Å²) in [4.78, 5) is 18.7. The number of aromatic nitrogens is 3. The minimum Gasteiger partial charge on any atom is -0.497 e. The Morgan fingerprint density at radius 1 is 1.38 bits per heavy atom. The molecule has 7 heteroatoms. The van der Waals surface area contributed by atoms with E-state index in [1.54, 1.807) is 7.11 Å². The summed E-state index contributed by atoms with van der Waals surface area (Å²) in [7, 11) is 1.64. The average molecular weight is 358 g/mol. The van der Waals surface area contributed by atoms with Gasteiger partial charge in [0.1, 0.15) is 17.3 Å². The highest BCUT2D eigenvalue weighted by Gasteiger charge is 2.24. The predicted octanol–water partition coefficient (Wildman–Crippen LogP) is 2.37. The van der Waals surface area contributed by atoms with E-state index in [9.17, 15) is 4.79 Å². The zero-order valence-electron chi connectivity index (χ0n) is 15.4. The van der Waals surface area contributed by atoms with Crippen molar-refractivity contribution in [2.45, 2.75) is 32.6 Å². The normalized spacial score (nSPS) is 17.2. The summed E-state index contributed by atoms with van der Waals surface area (Å²) < 4.78 is 11.1. The van der Waals surface area contributed by atoms with E-state index in [0.717, 1.165) is 43.3 Å². The molecule has 1 amide bonds. The van der Waals surface area contributed by atoms with Crippen LogP contribution in [0.25, 0.3) is 0 Å². The van der Waals surface area contributed by atoms with Gasteiger partial charge in [0.15, 0.2) is 5.82 Å². The number of amides is 1. The van der Waals surface area contributed by atoms with Crippen LogP contribution >= 0.6 is 0 Å². The highest BCUT2D eigenvalue weighted by Crippen LogP contribution is 2.22. The van der Waals surface area contributed by atoms with Gasteiger partial charge in [-0.05, 0) is 31.9 Å². The molecule has 1 saturated heterocycles. The number of likely N-dealkylation sites (tertiary alicyclic amines) is 1. The molecule has 26 heavy (non-hydrogen) atoms. The van der Waals surface area contributed by atoms with Crippen molar-refractivity contribution in [2.75, 3.05) is 26.8 Å². The summed E-state index contributed by atoms with van der Waals surface area (Å²) in [6.07, 6.45) is 3.11. The minimum absolute atomic E-state index is 0.165. The molecule has 1 aliphatic heterocycles. The van der Waals surface area contributed by atoms with Crippen LogP contribution in [0, 0.1) is 12.8 Å². The van der Waals surface area contributed by atoms with Gasteiger partial charge in [-0.15, -0.1) is 0 Å². The summed E-state index contributed by atoms with van der Waals surface area (Å²) in [5.41, 5.74) is 0. The predicted molar refractivity (Wildman–Crippen MR) is 97.2 cm³/mol. The van der Waals surface area contributed by atoms with E-state index in [-0.39, 0.29) is 5.91 Å². The summed E-state index contributed by atoms with van der Waals surface area (Å²) in [5, 5.41) is 6.90. The van der Waals surface area contributed by atoms with Crippen LogP contribution < -0.4 is 9.47 Å². The lowest BCUT2D eigenvalue weighted by molar-refractivity contribution is -0.133. The Balaban J connectivity index is 1.46. The average Bonchev–Trinajstić information content (AvgIpc) is 3.10. The summed E-state index contributed by atoms with van der Waals surface area (Å²) in [6.45, 7) is 4.03. The number of aromatic amines is 1. The maximum Gasteiger partial charge on any atom is 0.223 e. The largest absolute Gasteiger partial charge is 0.497 e. The van der Waals surface area contributed by atoms with Gasteiger partial charge in [-0.3, -0.25) is 9.89 Å². The van der Waals surface area contributed by atoms with Crippen molar-refractivity contribution in [1.82, 2.24) is 20.1 Å². The molecule has 0 aliphatic carbocycles. The van der Waals surface area contributed by atoms with Gasteiger partial charge < -0.3 is 14.4 Å². The SMILES string of the molecule is COc1cccc(OCC2CCCN(C(=O)CCc3n[nH]c(C)n3)C2)c1. The quantitative estimate of drug-likeness (QED) is 0.822. The first-order valence-corrected chi connectivity index (χ1v) is 9.06. The molecule has 1 aliphatic rings. The van der Waals surface area contributed by atoms with Gasteiger partial charge in [-0.2, -0.15) is 5.10 Å². The Kier molecular flexibility index (Phi) is 6.09. The molecule has 3 rings (SSSR count). The van der Waals surface area contributed by atoms with Gasteiger partial charge in [0.05, 0.1) is 13.7 Å². The van der Waals surface area contributed by atoms with E-state index in [1.165, 1.54) is 0 Å². The first-order valence-electron chi connectivity index (χ1n) is 9.06. The number of carbonyl (C=O) groups is 1. The molecule has 0 spiro atoms. The van der Waals surface area contributed by atoms with Gasteiger partial charge in [-0.25, -0.2) is 4.98 Å². The number of carbonyl (C=O) groups excluding carboxylic acids is 1. The summed E-state index contributed by atoms with van der Waals surface area (Å²) >= 11 is 0. The topological polar surface area (TPSA) is 80.3 Å². The van der Waals surface area contributed by atoms with Crippen molar-refractivity contribution in [3.63, 3.8) is 0 Å². The fourth-order valence-electron chi connectivity index (χ4n) is 3.21. The van der Waals surface area contributed by atoms with Crippen molar-refractivity contribution in [3.05, 3.63) is 35.9 Å². The van der Waals surface area contributed by atoms with Crippen molar-refractivity contribution in [3.8, 4) is 11.5 Å². The van der Waals surface area contributed by atoms with Gasteiger partial charge in [-0.1, -0.05) is 6.07 Å². The first kappa shape index (κ1) is 18.2. The van der Waals surface area contributed by atoms with E-state index in [0.29, 0.717) is 31.2 Å². The van der Waals surface area contributed by atoms with Crippen LogP contribution in [0.4, 0.5) is 0 Å². The number of nitrogens with one attached hydrogen (secondary N) is 1. The highest BCUT2D eigenvalue weighted by molar-refractivity contribution is 5.76. The van der Waals surface area contributed by atoms with E-state index < -0.39 is 0 Å². The lowest BCUT2D eigenvalue weighted by atomic mass is 9.98. The maximum atomic E-state index is 12.5. The molecular formula is C19H26N4O3. The van der Waals surface area contributed by atoms with E-state index in [2.05, 4.69) is 15.2 Å². The molecule has 2 aromatic rings. The molecule has 1 fully saturated rings. The molecule has 2 heterocycles. The Bertz CT molecular complexity index is 731. The standard InChI is InChI=1S/C19H26N4O3/c1-14-20-18(22-21-14)8-9-19(24)23-10-4-5-15(12-23)13-26-17-7-3-6-16(11-17)25-2/h3,6-7,11,15H,4-5,8-10,12-13H2,1-2H3,(H,20,21,22). The molecule has 1 aromatic heterocycles. The molecular weight excluding hydrogens is 332 g/mol. The molecule has 140 valence electrons. The lowest BCUT2D eigenvalue weighted by Gasteiger charge is -2.32. The van der Waals surface area contributed by atoms with Crippen LogP contribution in [0.3, 0.4) is 0 Å². The first-order chi connectivity index (χ1) is 12.6. The van der Waals surface area contributed by atoms with Gasteiger partial charge in [0, 0.05) is 37.9 Å². The number of benzene rings is 1. The van der Waals surface area contributed by atoms with Crippen molar-refractivity contribution >= 4 is 5.91 Å². The highest BCUT2D eigenvalue weighted by atomic mass is 16.5. The molecule has 0 saturated carbocycles. The molecule has 1 unspecified atom stereocenters. The molecule has 7 nitrogen and oxygen atoms in total. The Morgan fingerprint density at radius 2 is 2.23 bits per heavy atom. The molecule has 0 radical (unpaired) electrons. The molecule has 1 N–H and O–H groups in total. The number of H-pyrrole nitrogens is 1. The van der Waals surface area contributed by atoms with Crippen molar-refractivity contribution in [2.24, 2.45) is 5.92 Å². The fourth-order valence-corrected chi connectivity index (χ4v) is 3.21. The van der Waals surface area contributed by atoms with E-state index in [1.807, 2.05) is 36.1 Å². The molecule has 0 bridgehead atoms. The molecule has 1 aromatic carbocycles. The number of hydrogen-bond donors (Lipinski definition) is 1. The minimum atomic E-state index is 0.165.